The molecular weight excluding hydrogens is 427 g/mol. The summed E-state index contributed by atoms with van der Waals surface area (Å²) in [6.07, 6.45) is 5.83. The molecule has 0 atom stereocenters. The van der Waals surface area contributed by atoms with E-state index in [0.29, 0.717) is 6.07 Å². The summed E-state index contributed by atoms with van der Waals surface area (Å²) in [5.74, 6) is -0.591. The summed E-state index contributed by atoms with van der Waals surface area (Å²) >= 11 is 0. The van der Waals surface area contributed by atoms with Crippen molar-refractivity contribution in [3.63, 3.8) is 0 Å². The molecule has 0 aliphatic heterocycles. The van der Waals surface area contributed by atoms with Gasteiger partial charge in [0.1, 0.15) is 5.75 Å². The molecule has 3 rings (SSSR count). The Bertz CT molecular complexity index is 846. The fraction of sp³-hybridized carbons (Fsp3) is 0.520. The van der Waals surface area contributed by atoms with Gasteiger partial charge in [-0.25, -0.2) is 4.39 Å². The molecule has 1 aliphatic rings. The van der Waals surface area contributed by atoms with Crippen molar-refractivity contribution in [3.8, 4) is 11.5 Å². The SMILES string of the molecule is CCCC1CCC(CCc2ccc(OC(F)(F)c3ccc(OC(F)F)c(F)c3)cc2)CC1. The Balaban J connectivity index is 1.53. The molecule has 2 aromatic carbocycles. The monoisotopic (exact) mass is 456 g/mol. The highest BCUT2D eigenvalue weighted by molar-refractivity contribution is 5.33. The first-order valence-electron chi connectivity index (χ1n) is 11.2. The normalized spacial score (nSPS) is 19.2. The maximum absolute atomic E-state index is 14.4. The van der Waals surface area contributed by atoms with Gasteiger partial charge in [-0.1, -0.05) is 57.6 Å². The van der Waals surface area contributed by atoms with Crippen molar-refractivity contribution in [2.75, 3.05) is 0 Å². The Morgan fingerprint density at radius 1 is 0.938 bits per heavy atom. The fourth-order valence-corrected chi connectivity index (χ4v) is 4.39. The van der Waals surface area contributed by atoms with E-state index in [4.69, 9.17) is 4.74 Å². The first-order valence-corrected chi connectivity index (χ1v) is 11.2. The molecule has 1 saturated carbocycles. The topological polar surface area (TPSA) is 18.5 Å². The third-order valence-corrected chi connectivity index (χ3v) is 6.16. The molecule has 2 aromatic rings. The molecule has 2 nitrogen and oxygen atoms in total. The molecule has 0 unspecified atom stereocenters. The summed E-state index contributed by atoms with van der Waals surface area (Å²) in [5, 5.41) is 0. The first-order chi connectivity index (χ1) is 15.3. The molecule has 0 N–H and O–H groups in total. The fourth-order valence-electron chi connectivity index (χ4n) is 4.39. The van der Waals surface area contributed by atoms with E-state index in [1.54, 1.807) is 12.1 Å². The number of halogens is 5. The van der Waals surface area contributed by atoms with Crippen LogP contribution in [0.2, 0.25) is 0 Å². The van der Waals surface area contributed by atoms with Crippen LogP contribution in [0.5, 0.6) is 11.5 Å². The number of ether oxygens (including phenoxy) is 2. The predicted octanol–water partition coefficient (Wildman–Crippen LogP) is 8.09. The maximum atomic E-state index is 14.4. The molecule has 0 amide bonds. The number of rotatable bonds is 10. The molecule has 0 saturated heterocycles. The van der Waals surface area contributed by atoms with E-state index in [9.17, 15) is 22.0 Å². The van der Waals surface area contributed by atoms with Crippen LogP contribution in [0.1, 0.15) is 63.0 Å². The zero-order chi connectivity index (χ0) is 23.1. The van der Waals surface area contributed by atoms with Gasteiger partial charge in [-0.3, -0.25) is 0 Å². The molecule has 0 spiro atoms. The van der Waals surface area contributed by atoms with Gasteiger partial charge in [-0.2, -0.15) is 17.6 Å². The summed E-state index contributed by atoms with van der Waals surface area (Å²) in [4.78, 5) is 0. The second-order valence-corrected chi connectivity index (χ2v) is 8.50. The number of hydrogen-bond acceptors (Lipinski definition) is 2. The quantitative estimate of drug-likeness (QED) is 0.336. The highest BCUT2D eigenvalue weighted by Gasteiger charge is 2.35. The van der Waals surface area contributed by atoms with Crippen molar-refractivity contribution in [2.24, 2.45) is 11.8 Å². The zero-order valence-electron chi connectivity index (χ0n) is 18.1. The van der Waals surface area contributed by atoms with Gasteiger partial charge in [-0.15, -0.1) is 0 Å². The third-order valence-electron chi connectivity index (χ3n) is 6.16. The van der Waals surface area contributed by atoms with Gasteiger partial charge in [-0.05, 0) is 60.6 Å². The minimum atomic E-state index is -3.83. The lowest BCUT2D eigenvalue weighted by atomic mass is 9.78. The van der Waals surface area contributed by atoms with Crippen molar-refractivity contribution in [2.45, 2.75) is 71.0 Å². The molecule has 7 heteroatoms. The second-order valence-electron chi connectivity index (χ2n) is 8.50. The maximum Gasteiger partial charge on any atom is 0.426 e. The van der Waals surface area contributed by atoms with E-state index in [2.05, 4.69) is 11.7 Å². The Labute approximate surface area is 185 Å². The lowest BCUT2D eigenvalue weighted by Crippen LogP contribution is -2.22. The van der Waals surface area contributed by atoms with Gasteiger partial charge < -0.3 is 9.47 Å². The van der Waals surface area contributed by atoms with E-state index in [-0.39, 0.29) is 5.75 Å². The van der Waals surface area contributed by atoms with Crippen molar-refractivity contribution in [1.29, 1.82) is 0 Å². The van der Waals surface area contributed by atoms with Gasteiger partial charge in [0.2, 0.25) is 0 Å². The largest absolute Gasteiger partial charge is 0.432 e. The van der Waals surface area contributed by atoms with Crippen LogP contribution in [-0.2, 0) is 12.5 Å². The van der Waals surface area contributed by atoms with Gasteiger partial charge in [0.05, 0.1) is 5.56 Å². The lowest BCUT2D eigenvalue weighted by molar-refractivity contribution is -0.185. The molecule has 0 radical (unpaired) electrons. The van der Waals surface area contributed by atoms with Gasteiger partial charge in [0.15, 0.2) is 11.6 Å². The van der Waals surface area contributed by atoms with E-state index in [0.717, 1.165) is 42.4 Å². The lowest BCUT2D eigenvalue weighted by Gasteiger charge is -2.28. The molecule has 1 aliphatic carbocycles. The average Bonchev–Trinajstić information content (AvgIpc) is 2.75. The number of aryl methyl sites for hydroxylation is 1. The number of hydrogen-bond donors (Lipinski definition) is 0. The first kappa shape index (κ1) is 24.3. The molecule has 0 aromatic heterocycles. The van der Waals surface area contributed by atoms with Crippen LogP contribution >= 0.6 is 0 Å². The summed E-state index contributed by atoms with van der Waals surface area (Å²) in [6, 6.07) is 8.40. The van der Waals surface area contributed by atoms with Crippen molar-refractivity contribution >= 4 is 0 Å². The van der Waals surface area contributed by atoms with Crippen LogP contribution < -0.4 is 9.47 Å². The average molecular weight is 456 g/mol. The van der Waals surface area contributed by atoms with Crippen LogP contribution in [0, 0.1) is 17.7 Å². The number of benzene rings is 2. The molecule has 1 fully saturated rings. The Kier molecular flexibility index (Phi) is 8.38. The summed E-state index contributed by atoms with van der Waals surface area (Å²) in [7, 11) is 0. The van der Waals surface area contributed by atoms with Crippen molar-refractivity contribution in [1.82, 2.24) is 0 Å². The van der Waals surface area contributed by atoms with Crippen LogP contribution in [0.3, 0.4) is 0 Å². The second kappa shape index (κ2) is 11.0. The van der Waals surface area contributed by atoms with Crippen LogP contribution in [-0.4, -0.2) is 6.61 Å². The predicted molar refractivity (Wildman–Crippen MR) is 113 cm³/mol. The molecular formula is C25H29F5O2. The minimum Gasteiger partial charge on any atom is -0.432 e. The molecule has 32 heavy (non-hydrogen) atoms. The van der Waals surface area contributed by atoms with Crippen molar-refractivity contribution < 1.29 is 31.4 Å². The zero-order valence-corrected chi connectivity index (χ0v) is 18.1. The summed E-state index contributed by atoms with van der Waals surface area (Å²) < 4.78 is 75.7. The molecule has 0 heterocycles. The van der Waals surface area contributed by atoms with E-state index < -0.39 is 29.9 Å². The van der Waals surface area contributed by atoms with E-state index in [1.807, 2.05) is 0 Å². The van der Waals surface area contributed by atoms with Crippen LogP contribution in [0.15, 0.2) is 42.5 Å². The Hall–Kier alpha value is -2.31. The van der Waals surface area contributed by atoms with Gasteiger partial charge >= 0.3 is 12.7 Å². The molecule has 0 bridgehead atoms. The standard InChI is InChI=1S/C25H29F5O2/c1-2-3-17-4-6-18(7-5-17)8-9-19-10-13-21(14-11-19)32-25(29,30)20-12-15-23(22(26)16-20)31-24(27)28/h10-18,24H,2-9H2,1H3. The smallest absolute Gasteiger partial charge is 0.426 e. The van der Waals surface area contributed by atoms with E-state index in [1.165, 1.54) is 50.7 Å². The highest BCUT2D eigenvalue weighted by atomic mass is 19.3. The van der Waals surface area contributed by atoms with Crippen molar-refractivity contribution in [3.05, 3.63) is 59.4 Å². The molecule has 176 valence electrons. The number of alkyl halides is 4. The summed E-state index contributed by atoms with van der Waals surface area (Å²) in [6.45, 7) is -1.02. The Morgan fingerprint density at radius 3 is 2.12 bits per heavy atom. The van der Waals surface area contributed by atoms with Gasteiger partial charge in [0.25, 0.3) is 0 Å². The third kappa shape index (κ3) is 6.84. The van der Waals surface area contributed by atoms with Crippen LogP contribution in [0.25, 0.3) is 0 Å². The minimum absolute atomic E-state index is 0.0628. The Morgan fingerprint density at radius 2 is 1.56 bits per heavy atom. The van der Waals surface area contributed by atoms with Crippen LogP contribution in [0.4, 0.5) is 22.0 Å². The van der Waals surface area contributed by atoms with E-state index >= 15 is 0 Å². The highest BCUT2D eigenvalue weighted by Crippen LogP contribution is 2.35. The summed E-state index contributed by atoms with van der Waals surface area (Å²) in [5.41, 5.74) is 0.260. The van der Waals surface area contributed by atoms with Gasteiger partial charge in [0, 0.05) is 0 Å².